The van der Waals surface area contributed by atoms with E-state index in [1.54, 1.807) is 6.08 Å². The maximum absolute atomic E-state index is 13.3. The highest BCUT2D eigenvalue weighted by Crippen LogP contribution is 2.50. The van der Waals surface area contributed by atoms with Crippen LogP contribution in [-0.4, -0.2) is 22.3 Å². The molecule has 0 saturated carbocycles. The van der Waals surface area contributed by atoms with Crippen molar-refractivity contribution in [2.45, 2.75) is 38.3 Å². The van der Waals surface area contributed by atoms with Crippen LogP contribution >= 0.6 is 0 Å². The van der Waals surface area contributed by atoms with Gasteiger partial charge in [-0.2, -0.15) is 0 Å². The Morgan fingerprint density at radius 3 is 2.74 bits per heavy atom. The molecule has 0 spiro atoms. The molecule has 2 aliphatic rings. The molecule has 6 heteroatoms. The summed E-state index contributed by atoms with van der Waals surface area (Å²) in [6, 6.07) is 9.56. The van der Waals surface area contributed by atoms with Crippen molar-refractivity contribution in [2.75, 3.05) is 0 Å². The molecular formula is C21H22N2O4. The first-order valence-electron chi connectivity index (χ1n) is 9.15. The summed E-state index contributed by atoms with van der Waals surface area (Å²) in [5.41, 5.74) is 6.02. The van der Waals surface area contributed by atoms with Gasteiger partial charge in [0.1, 0.15) is 17.7 Å². The van der Waals surface area contributed by atoms with Gasteiger partial charge in [0.05, 0.1) is 0 Å². The molecule has 3 atom stereocenters. The number of fused-ring (bicyclic) bond motifs is 2. The van der Waals surface area contributed by atoms with Crippen LogP contribution < -0.4 is 10.5 Å². The number of nitrogens with zero attached hydrogens (tertiary/aromatic N) is 1. The molecule has 2 N–H and O–H groups in total. The number of rotatable bonds is 4. The number of carbonyl (C=O) groups excluding carboxylic acids is 2. The van der Waals surface area contributed by atoms with Gasteiger partial charge < -0.3 is 15.0 Å². The Kier molecular flexibility index (Phi) is 4.23. The molecule has 6 nitrogen and oxygen atoms in total. The Labute approximate surface area is 157 Å². The SMILES string of the molecule is CC(C)C1c2onc(OCc3ccccc3)c2C(=O)C2(N)C(=O)C=CCC12. The lowest BCUT2D eigenvalue weighted by Gasteiger charge is -2.44. The smallest absolute Gasteiger partial charge is 0.265 e. The molecule has 2 aromatic rings. The number of hydrogen-bond donors (Lipinski definition) is 1. The maximum atomic E-state index is 13.3. The van der Waals surface area contributed by atoms with Crippen LogP contribution in [0.2, 0.25) is 0 Å². The third kappa shape index (κ3) is 2.63. The van der Waals surface area contributed by atoms with Gasteiger partial charge in [-0.3, -0.25) is 9.59 Å². The third-order valence-electron chi connectivity index (χ3n) is 5.61. The summed E-state index contributed by atoms with van der Waals surface area (Å²) in [7, 11) is 0. The maximum Gasteiger partial charge on any atom is 0.265 e. The number of carbonyl (C=O) groups is 2. The van der Waals surface area contributed by atoms with E-state index in [1.165, 1.54) is 6.08 Å². The lowest BCUT2D eigenvalue weighted by atomic mass is 9.59. The van der Waals surface area contributed by atoms with Gasteiger partial charge in [-0.25, -0.2) is 0 Å². The Morgan fingerprint density at radius 1 is 1.30 bits per heavy atom. The number of ketones is 2. The molecule has 0 radical (unpaired) electrons. The van der Waals surface area contributed by atoms with Crippen molar-refractivity contribution in [3.63, 3.8) is 0 Å². The van der Waals surface area contributed by atoms with Crippen LogP contribution in [0.15, 0.2) is 47.0 Å². The fourth-order valence-electron chi connectivity index (χ4n) is 4.24. The predicted octanol–water partition coefficient (Wildman–Crippen LogP) is 3.03. The summed E-state index contributed by atoms with van der Waals surface area (Å²) in [5, 5.41) is 4.00. The van der Waals surface area contributed by atoms with Crippen molar-refractivity contribution >= 4 is 11.6 Å². The summed E-state index contributed by atoms with van der Waals surface area (Å²) >= 11 is 0. The second-order valence-electron chi connectivity index (χ2n) is 7.58. The number of Topliss-reactive ketones (excluding diaryl/α,β-unsaturated/α-hetero) is 1. The van der Waals surface area contributed by atoms with E-state index in [4.69, 9.17) is 15.0 Å². The minimum Gasteiger partial charge on any atom is -0.470 e. The highest BCUT2D eigenvalue weighted by molar-refractivity contribution is 6.24. The largest absolute Gasteiger partial charge is 0.470 e. The number of aromatic nitrogens is 1. The van der Waals surface area contributed by atoms with E-state index < -0.39 is 11.3 Å². The van der Waals surface area contributed by atoms with Gasteiger partial charge in [0, 0.05) is 11.8 Å². The predicted molar refractivity (Wildman–Crippen MR) is 98.4 cm³/mol. The van der Waals surface area contributed by atoms with E-state index in [1.807, 2.05) is 44.2 Å². The topological polar surface area (TPSA) is 95.4 Å². The second kappa shape index (κ2) is 6.46. The van der Waals surface area contributed by atoms with Crippen LogP contribution in [0.5, 0.6) is 5.88 Å². The Bertz CT molecular complexity index is 916. The molecule has 0 aliphatic heterocycles. The lowest BCUT2D eigenvalue weighted by molar-refractivity contribution is -0.120. The second-order valence-corrected chi connectivity index (χ2v) is 7.58. The molecule has 140 valence electrons. The van der Waals surface area contributed by atoms with Crippen LogP contribution in [0.3, 0.4) is 0 Å². The van der Waals surface area contributed by atoms with Crippen molar-refractivity contribution in [2.24, 2.45) is 17.6 Å². The van der Waals surface area contributed by atoms with Gasteiger partial charge in [-0.15, -0.1) is 0 Å². The Balaban J connectivity index is 1.75. The van der Waals surface area contributed by atoms with Crippen LogP contribution in [0.4, 0.5) is 0 Å². The van der Waals surface area contributed by atoms with Crippen molar-refractivity contribution in [1.29, 1.82) is 0 Å². The normalized spacial score (nSPS) is 26.8. The van der Waals surface area contributed by atoms with E-state index in [-0.39, 0.29) is 41.6 Å². The molecule has 0 fully saturated rings. The minimum atomic E-state index is -1.59. The number of ether oxygens (including phenoxy) is 1. The minimum absolute atomic E-state index is 0.107. The number of allylic oxidation sites excluding steroid dienone is 1. The zero-order valence-corrected chi connectivity index (χ0v) is 15.3. The first-order valence-corrected chi connectivity index (χ1v) is 9.15. The van der Waals surface area contributed by atoms with Gasteiger partial charge in [0.2, 0.25) is 0 Å². The van der Waals surface area contributed by atoms with Crippen LogP contribution in [0.25, 0.3) is 0 Å². The fourth-order valence-corrected chi connectivity index (χ4v) is 4.24. The van der Waals surface area contributed by atoms with Crippen LogP contribution in [0, 0.1) is 11.8 Å². The Hall–Kier alpha value is -2.73. The van der Waals surface area contributed by atoms with Crippen LogP contribution in [0.1, 0.15) is 47.9 Å². The molecule has 1 aromatic heterocycles. The molecule has 0 saturated heterocycles. The quantitative estimate of drug-likeness (QED) is 0.836. The molecule has 1 aromatic carbocycles. The number of benzene rings is 1. The van der Waals surface area contributed by atoms with E-state index in [0.717, 1.165) is 5.56 Å². The standard InChI is InChI=1S/C21H22N2O4/c1-12(2)16-14-9-6-10-15(24)21(14,22)19(25)17-18(16)27-23-20(17)26-11-13-7-4-3-5-8-13/h3-8,10,12,14,16H,9,11,22H2,1-2H3. The summed E-state index contributed by atoms with van der Waals surface area (Å²) in [5.74, 6) is -0.641. The van der Waals surface area contributed by atoms with Crippen molar-refractivity contribution in [3.05, 3.63) is 59.4 Å². The number of nitrogens with two attached hydrogens (primary N) is 1. The molecule has 0 amide bonds. The van der Waals surface area contributed by atoms with E-state index >= 15 is 0 Å². The molecular weight excluding hydrogens is 344 g/mol. The third-order valence-corrected chi connectivity index (χ3v) is 5.61. The van der Waals surface area contributed by atoms with Crippen molar-refractivity contribution in [3.8, 4) is 5.88 Å². The zero-order valence-electron chi connectivity index (χ0n) is 15.3. The molecule has 27 heavy (non-hydrogen) atoms. The summed E-state index contributed by atoms with van der Waals surface area (Å²) in [6.07, 6.45) is 3.75. The highest BCUT2D eigenvalue weighted by Gasteiger charge is 2.59. The van der Waals surface area contributed by atoms with E-state index in [2.05, 4.69) is 5.16 Å². The Morgan fingerprint density at radius 2 is 2.04 bits per heavy atom. The zero-order chi connectivity index (χ0) is 19.2. The average molecular weight is 366 g/mol. The van der Waals surface area contributed by atoms with Gasteiger partial charge in [0.25, 0.3) is 5.88 Å². The molecule has 1 heterocycles. The van der Waals surface area contributed by atoms with Crippen molar-refractivity contribution in [1.82, 2.24) is 5.16 Å². The van der Waals surface area contributed by atoms with Gasteiger partial charge >= 0.3 is 0 Å². The average Bonchev–Trinajstić information content (AvgIpc) is 3.07. The van der Waals surface area contributed by atoms with Gasteiger partial charge in [-0.05, 0) is 29.1 Å². The summed E-state index contributed by atoms with van der Waals surface area (Å²) < 4.78 is 11.3. The summed E-state index contributed by atoms with van der Waals surface area (Å²) in [4.78, 5) is 25.9. The van der Waals surface area contributed by atoms with Crippen LogP contribution in [-0.2, 0) is 11.4 Å². The highest BCUT2D eigenvalue weighted by atomic mass is 16.5. The first kappa shape index (κ1) is 17.7. The number of hydrogen-bond acceptors (Lipinski definition) is 6. The molecule has 3 unspecified atom stereocenters. The molecule has 2 aliphatic carbocycles. The van der Waals surface area contributed by atoms with E-state index in [0.29, 0.717) is 12.2 Å². The van der Waals surface area contributed by atoms with Gasteiger partial charge in [-0.1, -0.05) is 50.3 Å². The fraction of sp³-hybridized carbons (Fsp3) is 0.381. The van der Waals surface area contributed by atoms with Crippen molar-refractivity contribution < 1.29 is 18.8 Å². The lowest BCUT2D eigenvalue weighted by Crippen LogP contribution is -2.64. The first-order chi connectivity index (χ1) is 12.9. The van der Waals surface area contributed by atoms with Gasteiger partial charge in [0.15, 0.2) is 17.3 Å². The van der Waals surface area contributed by atoms with E-state index in [9.17, 15) is 9.59 Å². The summed E-state index contributed by atoms with van der Waals surface area (Å²) in [6.45, 7) is 4.30. The monoisotopic (exact) mass is 366 g/mol. The molecule has 4 rings (SSSR count). The molecule has 0 bridgehead atoms.